The molecule has 0 spiro atoms. The third kappa shape index (κ3) is 5.19. The average molecular weight is 386 g/mol. The van der Waals surface area contributed by atoms with Gasteiger partial charge in [0.1, 0.15) is 0 Å². The highest BCUT2D eigenvalue weighted by molar-refractivity contribution is 5.89. The first-order valence-electron chi connectivity index (χ1n) is 10.6. The van der Waals surface area contributed by atoms with Gasteiger partial charge in [0, 0.05) is 37.4 Å². The SMILES string of the molecule is O=C(Nc1ccc2c(c1)OCO2)NC1CCN(CC2=CCCCCCC2)CC1. The number of amides is 2. The van der Waals surface area contributed by atoms with Gasteiger partial charge < -0.3 is 20.1 Å². The van der Waals surface area contributed by atoms with E-state index in [9.17, 15) is 4.79 Å². The molecule has 0 radical (unpaired) electrons. The molecule has 4 rings (SSSR count). The molecule has 1 fully saturated rings. The van der Waals surface area contributed by atoms with E-state index in [0.717, 1.165) is 43.9 Å². The molecule has 6 heteroatoms. The normalized spacial score (nSPS) is 20.8. The lowest BCUT2D eigenvalue weighted by atomic mass is 9.98. The van der Waals surface area contributed by atoms with Gasteiger partial charge in [-0.1, -0.05) is 24.5 Å². The number of benzene rings is 1. The molecule has 28 heavy (non-hydrogen) atoms. The van der Waals surface area contributed by atoms with Gasteiger partial charge in [0.15, 0.2) is 11.5 Å². The van der Waals surface area contributed by atoms with E-state index in [2.05, 4.69) is 21.6 Å². The number of nitrogens with zero attached hydrogens (tertiary/aromatic N) is 1. The highest BCUT2D eigenvalue weighted by Gasteiger charge is 2.22. The van der Waals surface area contributed by atoms with Gasteiger partial charge in [-0.2, -0.15) is 0 Å². The van der Waals surface area contributed by atoms with Crippen LogP contribution in [0.25, 0.3) is 0 Å². The molecule has 3 aliphatic rings. The first-order valence-corrected chi connectivity index (χ1v) is 10.6. The maximum absolute atomic E-state index is 12.3. The number of fused-ring (bicyclic) bond motifs is 1. The fraction of sp³-hybridized carbons (Fsp3) is 0.591. The zero-order valence-corrected chi connectivity index (χ0v) is 16.5. The van der Waals surface area contributed by atoms with Gasteiger partial charge in [-0.15, -0.1) is 0 Å². The molecule has 0 saturated carbocycles. The molecule has 0 aromatic heterocycles. The van der Waals surface area contributed by atoms with Gasteiger partial charge in [-0.05, 0) is 50.7 Å². The minimum atomic E-state index is -0.153. The van der Waals surface area contributed by atoms with Gasteiger partial charge in [0.05, 0.1) is 0 Å². The fourth-order valence-corrected chi connectivity index (χ4v) is 4.25. The molecular weight excluding hydrogens is 354 g/mol. The number of piperidine rings is 1. The molecule has 6 nitrogen and oxygen atoms in total. The highest BCUT2D eigenvalue weighted by Crippen LogP contribution is 2.34. The number of rotatable bonds is 4. The minimum absolute atomic E-state index is 0.153. The van der Waals surface area contributed by atoms with Crippen LogP contribution in [0.15, 0.2) is 29.8 Å². The molecule has 152 valence electrons. The van der Waals surface area contributed by atoms with Crippen LogP contribution in [0, 0.1) is 0 Å². The predicted molar refractivity (Wildman–Crippen MR) is 110 cm³/mol. The number of carbonyl (C=O) groups excluding carboxylic acids is 1. The Morgan fingerprint density at radius 3 is 2.79 bits per heavy atom. The fourth-order valence-electron chi connectivity index (χ4n) is 4.25. The van der Waals surface area contributed by atoms with Crippen molar-refractivity contribution in [1.82, 2.24) is 10.2 Å². The highest BCUT2D eigenvalue weighted by atomic mass is 16.7. The van der Waals surface area contributed by atoms with Gasteiger partial charge in [0.2, 0.25) is 6.79 Å². The Kier molecular flexibility index (Phi) is 6.37. The van der Waals surface area contributed by atoms with Crippen LogP contribution in [0.5, 0.6) is 11.5 Å². The maximum Gasteiger partial charge on any atom is 0.319 e. The van der Waals surface area contributed by atoms with Crippen LogP contribution in [0.2, 0.25) is 0 Å². The van der Waals surface area contributed by atoms with Crippen LogP contribution in [0.1, 0.15) is 51.4 Å². The van der Waals surface area contributed by atoms with E-state index < -0.39 is 0 Å². The summed E-state index contributed by atoms with van der Waals surface area (Å²) in [5.41, 5.74) is 2.34. The summed E-state index contributed by atoms with van der Waals surface area (Å²) in [5, 5.41) is 6.01. The van der Waals surface area contributed by atoms with E-state index in [-0.39, 0.29) is 18.9 Å². The number of likely N-dealkylation sites (tertiary alicyclic amines) is 1. The predicted octanol–water partition coefficient (Wildman–Crippen LogP) is 4.28. The lowest BCUT2D eigenvalue weighted by Crippen LogP contribution is -2.46. The summed E-state index contributed by atoms with van der Waals surface area (Å²) in [5.74, 6) is 1.40. The van der Waals surface area contributed by atoms with Crippen LogP contribution in [0.3, 0.4) is 0 Å². The van der Waals surface area contributed by atoms with Gasteiger partial charge in [0.25, 0.3) is 0 Å². The second-order valence-corrected chi connectivity index (χ2v) is 8.03. The van der Waals surface area contributed by atoms with Crippen LogP contribution in [-0.4, -0.2) is 43.4 Å². The van der Waals surface area contributed by atoms with E-state index in [0.29, 0.717) is 5.75 Å². The molecule has 2 amide bonds. The van der Waals surface area contributed by atoms with Gasteiger partial charge in [-0.25, -0.2) is 4.79 Å². The molecule has 2 aliphatic heterocycles. The maximum atomic E-state index is 12.3. The van der Waals surface area contributed by atoms with Crippen LogP contribution < -0.4 is 20.1 Å². The molecular formula is C22H31N3O3. The second-order valence-electron chi connectivity index (χ2n) is 8.03. The smallest absolute Gasteiger partial charge is 0.319 e. The number of allylic oxidation sites excluding steroid dienone is 1. The number of carbonyl (C=O) groups is 1. The Hall–Kier alpha value is -2.21. The molecule has 1 aromatic carbocycles. The zero-order valence-electron chi connectivity index (χ0n) is 16.5. The van der Waals surface area contributed by atoms with Crippen LogP contribution >= 0.6 is 0 Å². The Bertz CT molecular complexity index is 711. The molecule has 0 bridgehead atoms. The van der Waals surface area contributed by atoms with Crippen molar-refractivity contribution in [1.29, 1.82) is 0 Å². The molecule has 0 atom stereocenters. The molecule has 1 aromatic rings. The largest absolute Gasteiger partial charge is 0.454 e. The number of ether oxygens (including phenoxy) is 2. The van der Waals surface area contributed by atoms with Crippen molar-refractivity contribution in [3.63, 3.8) is 0 Å². The lowest BCUT2D eigenvalue weighted by Gasteiger charge is -2.33. The van der Waals surface area contributed by atoms with E-state index in [4.69, 9.17) is 9.47 Å². The Labute approximate surface area is 167 Å². The third-order valence-corrected chi connectivity index (χ3v) is 5.86. The molecule has 1 saturated heterocycles. The van der Waals surface area contributed by atoms with Crippen molar-refractivity contribution in [3.05, 3.63) is 29.8 Å². The van der Waals surface area contributed by atoms with E-state index in [1.807, 2.05) is 12.1 Å². The summed E-state index contributed by atoms with van der Waals surface area (Å²) >= 11 is 0. The molecule has 0 unspecified atom stereocenters. The van der Waals surface area contributed by atoms with Crippen molar-refractivity contribution < 1.29 is 14.3 Å². The zero-order chi connectivity index (χ0) is 19.2. The number of urea groups is 1. The molecule has 2 N–H and O–H groups in total. The van der Waals surface area contributed by atoms with E-state index in [1.54, 1.807) is 11.6 Å². The Morgan fingerprint density at radius 1 is 1.07 bits per heavy atom. The van der Waals surface area contributed by atoms with Gasteiger partial charge in [-0.3, -0.25) is 4.90 Å². The number of anilines is 1. The van der Waals surface area contributed by atoms with Crippen molar-refractivity contribution in [2.24, 2.45) is 0 Å². The summed E-state index contributed by atoms with van der Waals surface area (Å²) in [7, 11) is 0. The summed E-state index contributed by atoms with van der Waals surface area (Å²) in [6.45, 7) is 3.44. The first-order chi connectivity index (χ1) is 13.8. The molecule has 1 aliphatic carbocycles. The average Bonchev–Trinajstić information content (AvgIpc) is 3.13. The number of hydrogen-bond acceptors (Lipinski definition) is 4. The standard InChI is InChI=1S/C22H31N3O3/c26-22(24-19-8-9-20-21(14-19)28-16-27-20)23-18-10-12-25(13-11-18)15-17-6-4-2-1-3-5-7-17/h6,8-9,14,18H,1-5,7,10-13,15-16H2,(H2,23,24,26). The van der Waals surface area contributed by atoms with Crippen LogP contribution in [-0.2, 0) is 0 Å². The van der Waals surface area contributed by atoms with E-state index >= 15 is 0 Å². The van der Waals surface area contributed by atoms with Crippen molar-refractivity contribution in [3.8, 4) is 11.5 Å². The molecule has 2 heterocycles. The third-order valence-electron chi connectivity index (χ3n) is 5.86. The lowest BCUT2D eigenvalue weighted by molar-refractivity contribution is 0.174. The summed E-state index contributed by atoms with van der Waals surface area (Å²) in [6, 6.07) is 5.53. The summed E-state index contributed by atoms with van der Waals surface area (Å²) in [6.07, 6.45) is 12.4. The Morgan fingerprint density at radius 2 is 1.89 bits per heavy atom. The Balaban J connectivity index is 1.20. The number of hydrogen-bond donors (Lipinski definition) is 2. The first kappa shape index (κ1) is 19.1. The van der Waals surface area contributed by atoms with E-state index in [1.165, 1.54) is 38.5 Å². The van der Waals surface area contributed by atoms with Crippen LogP contribution in [0.4, 0.5) is 10.5 Å². The van der Waals surface area contributed by atoms with Crippen molar-refractivity contribution in [2.75, 3.05) is 31.7 Å². The second kappa shape index (κ2) is 9.32. The van der Waals surface area contributed by atoms with Crippen molar-refractivity contribution in [2.45, 2.75) is 57.4 Å². The quantitative estimate of drug-likeness (QED) is 0.760. The minimum Gasteiger partial charge on any atom is -0.454 e. The summed E-state index contributed by atoms with van der Waals surface area (Å²) in [4.78, 5) is 14.9. The monoisotopic (exact) mass is 385 g/mol. The topological polar surface area (TPSA) is 62.8 Å². The van der Waals surface area contributed by atoms with Crippen molar-refractivity contribution >= 4 is 11.7 Å². The number of nitrogens with one attached hydrogen (secondary N) is 2. The van der Waals surface area contributed by atoms with Gasteiger partial charge >= 0.3 is 6.03 Å². The summed E-state index contributed by atoms with van der Waals surface area (Å²) < 4.78 is 10.7.